The summed E-state index contributed by atoms with van der Waals surface area (Å²) >= 11 is 6.35. The predicted octanol–water partition coefficient (Wildman–Crippen LogP) is 2.60. The maximum Gasteiger partial charge on any atom is 0.231 e. The summed E-state index contributed by atoms with van der Waals surface area (Å²) in [7, 11) is 1.73. The third-order valence-electron chi connectivity index (χ3n) is 6.73. The molecule has 1 spiro atoms. The summed E-state index contributed by atoms with van der Waals surface area (Å²) in [5.41, 5.74) is 2.63. The maximum absolute atomic E-state index is 6.35. The van der Waals surface area contributed by atoms with Gasteiger partial charge in [-0.3, -0.25) is 9.47 Å². The molecule has 0 amide bonds. The minimum absolute atomic E-state index is 0.321. The van der Waals surface area contributed by atoms with E-state index in [0.29, 0.717) is 12.0 Å². The molecule has 2 aromatic heterocycles. The van der Waals surface area contributed by atoms with Crippen LogP contribution >= 0.6 is 11.6 Å². The first kappa shape index (κ1) is 20.0. The lowest BCUT2D eigenvalue weighted by atomic mass is 9.73. The molecule has 3 aliphatic rings. The summed E-state index contributed by atoms with van der Waals surface area (Å²) in [5.74, 6) is 2.95. The van der Waals surface area contributed by atoms with Crippen LogP contribution in [0.3, 0.4) is 0 Å². The predicted molar refractivity (Wildman–Crippen MR) is 123 cm³/mol. The Morgan fingerprint density at radius 2 is 1.88 bits per heavy atom. The fourth-order valence-corrected chi connectivity index (χ4v) is 5.40. The Morgan fingerprint density at radius 1 is 1.03 bits per heavy atom. The van der Waals surface area contributed by atoms with Crippen molar-refractivity contribution in [1.82, 2.24) is 24.6 Å². The quantitative estimate of drug-likeness (QED) is 0.590. The van der Waals surface area contributed by atoms with Crippen LogP contribution in [0.4, 0.5) is 11.8 Å². The first-order valence-electron chi connectivity index (χ1n) is 11.0. The van der Waals surface area contributed by atoms with Crippen molar-refractivity contribution in [3.63, 3.8) is 0 Å². The molecule has 2 saturated heterocycles. The summed E-state index contributed by atoms with van der Waals surface area (Å²) in [6.07, 6.45) is 1.86. The number of anilines is 2. The lowest BCUT2D eigenvalue weighted by Gasteiger charge is -2.60. The molecule has 2 fully saturated rings. The van der Waals surface area contributed by atoms with E-state index in [4.69, 9.17) is 16.3 Å². The number of methoxy groups -OCH3 is 1. The van der Waals surface area contributed by atoms with E-state index in [-0.39, 0.29) is 0 Å². The third-order valence-corrected chi connectivity index (χ3v) is 6.96. The molecule has 32 heavy (non-hydrogen) atoms. The molecule has 3 aromatic rings. The van der Waals surface area contributed by atoms with Crippen LogP contribution in [0.5, 0.6) is 0 Å². The second-order valence-electron chi connectivity index (χ2n) is 9.13. The lowest BCUT2D eigenvalue weighted by molar-refractivity contribution is 0.139. The molecule has 0 unspecified atom stereocenters. The van der Waals surface area contributed by atoms with Crippen LogP contribution in [-0.2, 0) is 17.8 Å². The second-order valence-corrected chi connectivity index (χ2v) is 9.56. The zero-order valence-electron chi connectivity index (χ0n) is 18.1. The van der Waals surface area contributed by atoms with Gasteiger partial charge in [-0.2, -0.15) is 0 Å². The van der Waals surface area contributed by atoms with Gasteiger partial charge < -0.3 is 14.5 Å². The number of fused-ring (bicyclic) bond motifs is 3. The molecule has 0 bridgehead atoms. The summed E-state index contributed by atoms with van der Waals surface area (Å²) in [4.78, 5) is 11.5. The molecule has 1 aromatic carbocycles. The van der Waals surface area contributed by atoms with Crippen LogP contribution in [0.25, 0.3) is 5.69 Å². The number of pyridine rings is 1. The number of ether oxygens (including phenoxy) is 1. The molecular weight excluding hydrogens is 426 g/mol. The van der Waals surface area contributed by atoms with E-state index in [0.717, 1.165) is 74.1 Å². The van der Waals surface area contributed by atoms with E-state index in [2.05, 4.69) is 52.6 Å². The van der Waals surface area contributed by atoms with Crippen molar-refractivity contribution < 1.29 is 4.74 Å². The summed E-state index contributed by atoms with van der Waals surface area (Å²) < 4.78 is 7.53. The minimum atomic E-state index is 0.321. The van der Waals surface area contributed by atoms with Crippen molar-refractivity contribution in [1.29, 1.82) is 0 Å². The highest BCUT2D eigenvalue weighted by Gasteiger charge is 2.53. The molecule has 0 N–H and O–H groups in total. The Balaban J connectivity index is 1.24. The smallest absolute Gasteiger partial charge is 0.231 e. The highest BCUT2D eigenvalue weighted by molar-refractivity contribution is 6.30. The van der Waals surface area contributed by atoms with Crippen LogP contribution in [0.1, 0.15) is 11.4 Å². The highest BCUT2D eigenvalue weighted by Crippen LogP contribution is 2.43. The van der Waals surface area contributed by atoms with Crippen molar-refractivity contribution in [3.8, 4) is 5.69 Å². The molecule has 3 aliphatic heterocycles. The van der Waals surface area contributed by atoms with Crippen molar-refractivity contribution >= 4 is 23.4 Å². The SMILES string of the molecule is COCCN1Cc2cc(Cl)ccc2-n2c(nnc2N2CC3(CN(c4ccccn4)C3)C2)C1. The Kier molecular flexibility index (Phi) is 4.82. The number of nitrogens with zero attached hydrogens (tertiary/aromatic N) is 7. The third kappa shape index (κ3) is 3.34. The van der Waals surface area contributed by atoms with Gasteiger partial charge in [0.2, 0.25) is 5.95 Å². The fraction of sp³-hybridized carbons (Fsp3) is 0.435. The molecule has 0 aliphatic carbocycles. The molecule has 6 rings (SSSR count). The van der Waals surface area contributed by atoms with Crippen LogP contribution in [-0.4, -0.2) is 71.1 Å². The van der Waals surface area contributed by atoms with E-state index in [1.807, 2.05) is 24.4 Å². The Bertz CT molecular complexity index is 1120. The molecule has 0 saturated carbocycles. The molecule has 166 valence electrons. The summed E-state index contributed by atoms with van der Waals surface area (Å²) in [5, 5.41) is 9.96. The largest absolute Gasteiger partial charge is 0.383 e. The molecular formula is C23H26ClN7O. The van der Waals surface area contributed by atoms with Gasteiger partial charge in [0.1, 0.15) is 5.82 Å². The van der Waals surface area contributed by atoms with Crippen molar-refractivity contribution in [2.75, 3.05) is 56.2 Å². The van der Waals surface area contributed by atoms with Gasteiger partial charge in [0.25, 0.3) is 0 Å². The highest BCUT2D eigenvalue weighted by atomic mass is 35.5. The second kappa shape index (κ2) is 7.72. The molecule has 9 heteroatoms. The Labute approximate surface area is 192 Å². The van der Waals surface area contributed by atoms with Crippen molar-refractivity contribution in [3.05, 3.63) is 59.0 Å². The number of benzene rings is 1. The van der Waals surface area contributed by atoms with E-state index < -0.39 is 0 Å². The summed E-state index contributed by atoms with van der Waals surface area (Å²) in [6, 6.07) is 12.2. The number of hydrogen-bond donors (Lipinski definition) is 0. The van der Waals surface area contributed by atoms with Crippen LogP contribution in [0, 0.1) is 5.41 Å². The van der Waals surface area contributed by atoms with Gasteiger partial charge in [0.15, 0.2) is 5.82 Å². The monoisotopic (exact) mass is 451 g/mol. The molecule has 8 nitrogen and oxygen atoms in total. The van der Waals surface area contributed by atoms with Gasteiger partial charge in [0.05, 0.1) is 18.8 Å². The minimum Gasteiger partial charge on any atom is -0.383 e. The Hall–Kier alpha value is -2.68. The van der Waals surface area contributed by atoms with Gasteiger partial charge in [-0.05, 0) is 35.9 Å². The number of hydrogen-bond acceptors (Lipinski definition) is 7. The first-order valence-corrected chi connectivity index (χ1v) is 11.4. The van der Waals surface area contributed by atoms with Gasteiger partial charge in [-0.15, -0.1) is 10.2 Å². The molecule has 5 heterocycles. The normalized spacial score (nSPS) is 19.2. The molecule has 0 radical (unpaired) electrons. The maximum atomic E-state index is 6.35. The van der Waals surface area contributed by atoms with Crippen molar-refractivity contribution in [2.24, 2.45) is 5.41 Å². The van der Waals surface area contributed by atoms with Crippen LogP contribution < -0.4 is 9.80 Å². The van der Waals surface area contributed by atoms with E-state index >= 15 is 0 Å². The lowest BCUT2D eigenvalue weighted by Crippen LogP contribution is -2.73. The number of halogens is 1. The van der Waals surface area contributed by atoms with Gasteiger partial charge >= 0.3 is 0 Å². The molecule has 0 atom stereocenters. The van der Waals surface area contributed by atoms with Crippen molar-refractivity contribution in [2.45, 2.75) is 13.1 Å². The van der Waals surface area contributed by atoms with Gasteiger partial charge in [-0.1, -0.05) is 17.7 Å². The fourth-order valence-electron chi connectivity index (χ4n) is 5.21. The van der Waals surface area contributed by atoms with Gasteiger partial charge in [-0.25, -0.2) is 4.98 Å². The number of aromatic nitrogens is 4. The van der Waals surface area contributed by atoms with E-state index in [1.165, 1.54) is 5.56 Å². The van der Waals surface area contributed by atoms with E-state index in [9.17, 15) is 0 Å². The Morgan fingerprint density at radius 3 is 2.66 bits per heavy atom. The zero-order chi connectivity index (χ0) is 21.7. The average molecular weight is 452 g/mol. The summed E-state index contributed by atoms with van der Waals surface area (Å²) in [6.45, 7) is 7.12. The average Bonchev–Trinajstić information content (AvgIpc) is 3.07. The zero-order valence-corrected chi connectivity index (χ0v) is 18.9. The number of rotatable bonds is 5. The van der Waals surface area contributed by atoms with Crippen LogP contribution in [0.15, 0.2) is 42.6 Å². The van der Waals surface area contributed by atoms with Crippen LogP contribution in [0.2, 0.25) is 5.02 Å². The van der Waals surface area contributed by atoms with Gasteiger partial charge in [0, 0.05) is 63.0 Å². The van der Waals surface area contributed by atoms with E-state index in [1.54, 1.807) is 7.11 Å². The first-order chi connectivity index (χ1) is 15.6. The topological polar surface area (TPSA) is 62.6 Å². The standard InChI is InChI=1S/C23H26ClN7O/c1-32-9-8-28-11-17-10-18(24)5-6-19(17)31-21(12-28)26-27-22(31)30-15-23(16-30)13-29(14-23)20-4-2-3-7-25-20/h2-7,10H,8-9,11-16H2,1H3.